The maximum absolute atomic E-state index is 10.5. The van der Waals surface area contributed by atoms with Gasteiger partial charge >= 0.3 is 5.82 Å². The third-order valence-corrected chi connectivity index (χ3v) is 2.43. The lowest BCUT2D eigenvalue weighted by molar-refractivity contribution is -0.389. The summed E-state index contributed by atoms with van der Waals surface area (Å²) in [5.74, 6) is 0.164. The molecular formula is C6H6N6O2S. The smallest absolute Gasteiger partial charge is 0.374 e. The number of anilines is 1. The summed E-state index contributed by atoms with van der Waals surface area (Å²) in [5.41, 5.74) is 5.41. The Balaban J connectivity index is 2.49. The zero-order chi connectivity index (χ0) is 11.0. The lowest BCUT2D eigenvalue weighted by atomic mass is 10.6. The van der Waals surface area contributed by atoms with Crippen molar-refractivity contribution in [1.29, 1.82) is 0 Å². The van der Waals surface area contributed by atoms with Crippen LogP contribution < -0.4 is 5.73 Å². The minimum Gasteiger partial charge on any atom is -0.374 e. The number of aromatic nitrogens is 4. The lowest BCUT2D eigenvalue weighted by Gasteiger charge is -1.87. The van der Waals surface area contributed by atoms with Crippen molar-refractivity contribution in [2.24, 2.45) is 7.05 Å². The fraction of sp³-hybridized carbons (Fsp3) is 0.167. The molecule has 0 saturated carbocycles. The van der Waals surface area contributed by atoms with Crippen molar-refractivity contribution in [2.75, 3.05) is 5.73 Å². The number of rotatable bonds is 2. The average molecular weight is 226 g/mol. The molecule has 0 spiro atoms. The molecule has 2 aromatic heterocycles. The minimum absolute atomic E-state index is 0.221. The summed E-state index contributed by atoms with van der Waals surface area (Å²) in [4.78, 5) is 13.7. The Morgan fingerprint density at radius 1 is 1.60 bits per heavy atom. The van der Waals surface area contributed by atoms with E-state index in [1.54, 1.807) is 7.05 Å². The molecule has 2 aromatic rings. The van der Waals surface area contributed by atoms with Crippen LogP contribution >= 0.6 is 11.3 Å². The molecule has 0 amide bonds. The van der Waals surface area contributed by atoms with Crippen molar-refractivity contribution in [3.8, 4) is 10.8 Å². The second kappa shape index (κ2) is 3.28. The van der Waals surface area contributed by atoms with Gasteiger partial charge in [-0.05, 0) is 9.91 Å². The van der Waals surface area contributed by atoms with Crippen LogP contribution in [0.3, 0.4) is 0 Å². The largest absolute Gasteiger partial charge is 0.382 e. The molecule has 0 aromatic carbocycles. The number of hydrogen-bond acceptors (Lipinski definition) is 7. The maximum Gasteiger partial charge on any atom is 0.382 e. The van der Waals surface area contributed by atoms with Crippen LogP contribution in [0.25, 0.3) is 10.8 Å². The Bertz CT molecular complexity index is 517. The molecule has 2 rings (SSSR count). The van der Waals surface area contributed by atoms with E-state index in [1.807, 2.05) is 0 Å². The van der Waals surface area contributed by atoms with Crippen LogP contribution in [-0.2, 0) is 7.05 Å². The Morgan fingerprint density at radius 2 is 2.33 bits per heavy atom. The van der Waals surface area contributed by atoms with Crippen LogP contribution in [-0.4, -0.2) is 24.7 Å². The number of aryl methyl sites for hydroxylation is 1. The van der Waals surface area contributed by atoms with Gasteiger partial charge in [0.25, 0.3) is 5.82 Å². The Morgan fingerprint density at radius 3 is 2.80 bits per heavy atom. The first-order valence-electron chi connectivity index (χ1n) is 3.85. The molecule has 15 heavy (non-hydrogen) atoms. The highest BCUT2D eigenvalue weighted by Crippen LogP contribution is 2.25. The monoisotopic (exact) mass is 226 g/mol. The number of nitrogens with zero attached hydrogens (tertiary/aromatic N) is 5. The van der Waals surface area contributed by atoms with Crippen LogP contribution in [0.1, 0.15) is 0 Å². The van der Waals surface area contributed by atoms with Crippen molar-refractivity contribution in [3.63, 3.8) is 0 Å². The molecule has 2 N–H and O–H groups in total. The van der Waals surface area contributed by atoms with Crippen molar-refractivity contribution < 1.29 is 4.92 Å². The zero-order valence-corrected chi connectivity index (χ0v) is 8.43. The molecule has 0 bridgehead atoms. The van der Waals surface area contributed by atoms with Crippen LogP contribution in [0.5, 0.6) is 0 Å². The topological polar surface area (TPSA) is 113 Å². The van der Waals surface area contributed by atoms with E-state index in [2.05, 4.69) is 15.2 Å². The fourth-order valence-electron chi connectivity index (χ4n) is 1.06. The predicted molar refractivity (Wildman–Crippen MR) is 53.2 cm³/mol. The number of nitrogens with two attached hydrogens (primary N) is 1. The SMILES string of the molecule is Cn1cc([N+](=O)[O-])nc1-c1nnc(N)s1. The van der Waals surface area contributed by atoms with Crippen molar-refractivity contribution >= 4 is 22.3 Å². The number of imidazole rings is 1. The molecule has 8 nitrogen and oxygen atoms in total. The van der Waals surface area contributed by atoms with E-state index in [0.29, 0.717) is 16.0 Å². The first kappa shape index (κ1) is 9.52. The normalized spacial score (nSPS) is 10.5. The van der Waals surface area contributed by atoms with E-state index in [-0.39, 0.29) is 5.82 Å². The number of hydrogen-bond donors (Lipinski definition) is 1. The van der Waals surface area contributed by atoms with Gasteiger partial charge in [0.05, 0.1) is 0 Å². The lowest BCUT2D eigenvalue weighted by Crippen LogP contribution is -1.90. The quantitative estimate of drug-likeness (QED) is 0.586. The molecule has 0 aliphatic carbocycles. The molecule has 0 aliphatic heterocycles. The molecular weight excluding hydrogens is 220 g/mol. The van der Waals surface area contributed by atoms with Gasteiger partial charge in [-0.2, -0.15) is 0 Å². The van der Waals surface area contributed by atoms with Gasteiger partial charge in [0.1, 0.15) is 6.20 Å². The summed E-state index contributed by atoms with van der Waals surface area (Å²) in [6.45, 7) is 0. The van der Waals surface area contributed by atoms with E-state index in [9.17, 15) is 10.1 Å². The Kier molecular flexibility index (Phi) is 2.08. The van der Waals surface area contributed by atoms with Crippen molar-refractivity contribution in [1.82, 2.24) is 19.7 Å². The second-order valence-corrected chi connectivity index (χ2v) is 3.75. The van der Waals surface area contributed by atoms with E-state index in [0.717, 1.165) is 11.3 Å². The summed E-state index contributed by atoms with van der Waals surface area (Å²) in [6, 6.07) is 0. The van der Waals surface area contributed by atoms with E-state index < -0.39 is 4.92 Å². The molecule has 78 valence electrons. The van der Waals surface area contributed by atoms with Gasteiger partial charge in [-0.1, -0.05) is 11.3 Å². The van der Waals surface area contributed by atoms with Gasteiger partial charge < -0.3 is 20.4 Å². The highest BCUT2D eigenvalue weighted by Gasteiger charge is 2.21. The zero-order valence-electron chi connectivity index (χ0n) is 7.62. The van der Waals surface area contributed by atoms with Crippen molar-refractivity contribution in [2.45, 2.75) is 0 Å². The van der Waals surface area contributed by atoms with Gasteiger partial charge in [-0.3, -0.25) is 0 Å². The molecule has 0 atom stereocenters. The van der Waals surface area contributed by atoms with Crippen LogP contribution in [0.2, 0.25) is 0 Å². The highest BCUT2D eigenvalue weighted by molar-refractivity contribution is 7.18. The van der Waals surface area contributed by atoms with Gasteiger partial charge in [0, 0.05) is 7.05 Å². The van der Waals surface area contributed by atoms with E-state index in [1.165, 1.54) is 10.8 Å². The van der Waals surface area contributed by atoms with Gasteiger partial charge in [-0.15, -0.1) is 10.2 Å². The average Bonchev–Trinajstić information content (AvgIpc) is 2.71. The van der Waals surface area contributed by atoms with Gasteiger partial charge in [0.15, 0.2) is 0 Å². The summed E-state index contributed by atoms with van der Waals surface area (Å²) in [6.07, 6.45) is 1.31. The molecule has 0 radical (unpaired) electrons. The molecule has 9 heteroatoms. The summed E-state index contributed by atoms with van der Waals surface area (Å²) in [5, 5.41) is 18.6. The van der Waals surface area contributed by atoms with E-state index >= 15 is 0 Å². The Hall–Kier alpha value is -2.03. The first-order chi connectivity index (χ1) is 7.08. The third kappa shape index (κ3) is 1.64. The predicted octanol–water partition coefficient (Wildman–Crippen LogP) is 0.429. The second-order valence-electron chi connectivity index (χ2n) is 2.74. The first-order valence-corrected chi connectivity index (χ1v) is 4.66. The number of nitro groups is 1. The molecule has 0 saturated heterocycles. The molecule has 0 fully saturated rings. The maximum atomic E-state index is 10.5. The summed E-state index contributed by atoms with van der Waals surface area (Å²) >= 11 is 1.13. The molecule has 2 heterocycles. The summed E-state index contributed by atoms with van der Waals surface area (Å²) < 4.78 is 1.51. The Labute approximate surface area is 87.5 Å². The van der Waals surface area contributed by atoms with Crippen molar-refractivity contribution in [3.05, 3.63) is 16.3 Å². The van der Waals surface area contributed by atoms with Gasteiger partial charge in [-0.25, -0.2) is 0 Å². The van der Waals surface area contributed by atoms with Crippen LogP contribution in [0, 0.1) is 10.1 Å². The standard InChI is InChI=1S/C6H6N6O2S/c1-11-2-3(12(13)14)8-4(11)5-9-10-6(7)15-5/h2H,1H3,(H2,7,10). The fourth-order valence-corrected chi connectivity index (χ4v) is 1.70. The molecule has 0 unspecified atom stereocenters. The minimum atomic E-state index is -0.562. The van der Waals surface area contributed by atoms with Gasteiger partial charge in [0.2, 0.25) is 10.1 Å². The van der Waals surface area contributed by atoms with E-state index in [4.69, 9.17) is 5.73 Å². The third-order valence-electron chi connectivity index (χ3n) is 1.68. The number of nitrogen functional groups attached to an aromatic ring is 1. The van der Waals surface area contributed by atoms with Crippen LogP contribution in [0.15, 0.2) is 6.20 Å². The van der Waals surface area contributed by atoms with Crippen LogP contribution in [0.4, 0.5) is 10.9 Å². The highest BCUT2D eigenvalue weighted by atomic mass is 32.1. The summed E-state index contributed by atoms with van der Waals surface area (Å²) in [7, 11) is 1.65. The molecule has 0 aliphatic rings.